The van der Waals surface area contributed by atoms with Crippen molar-refractivity contribution in [1.29, 1.82) is 0 Å². The number of carbonyl (C=O) groups is 2. The molecule has 2 fully saturated rings. The largest absolute Gasteiger partial charge is 0.375 e. The number of rotatable bonds is 3. The average molecular weight is 335 g/mol. The minimum absolute atomic E-state index is 0.0224. The van der Waals surface area contributed by atoms with E-state index in [9.17, 15) is 9.59 Å². The second kappa shape index (κ2) is 7.33. The quantitative estimate of drug-likeness (QED) is 0.867. The van der Waals surface area contributed by atoms with E-state index in [1.54, 1.807) is 40.9 Å². The molecule has 124 valence electrons. The monoisotopic (exact) mass is 335 g/mol. The van der Waals surface area contributed by atoms with Gasteiger partial charge in [0.25, 0.3) is 5.91 Å². The van der Waals surface area contributed by atoms with Crippen LogP contribution < -0.4 is 10.6 Å². The zero-order valence-electron chi connectivity index (χ0n) is 13.1. The summed E-state index contributed by atoms with van der Waals surface area (Å²) in [6.07, 6.45) is 0.0570. The van der Waals surface area contributed by atoms with E-state index in [1.165, 1.54) is 0 Å². The Morgan fingerprint density at radius 3 is 3.04 bits per heavy atom. The predicted molar refractivity (Wildman–Crippen MR) is 90.6 cm³/mol. The van der Waals surface area contributed by atoms with Crippen molar-refractivity contribution >= 4 is 29.3 Å². The Hall–Kier alpha value is -1.57. The molecule has 6 nitrogen and oxygen atoms in total. The van der Waals surface area contributed by atoms with Gasteiger partial charge in [0.15, 0.2) is 0 Å². The molecular formula is C16H21N3O3S. The van der Waals surface area contributed by atoms with Crippen molar-refractivity contribution < 1.29 is 14.3 Å². The molecule has 0 aromatic heterocycles. The van der Waals surface area contributed by atoms with Crippen LogP contribution in [-0.2, 0) is 9.53 Å². The molecule has 2 amide bonds. The van der Waals surface area contributed by atoms with E-state index in [0.29, 0.717) is 30.9 Å². The lowest BCUT2D eigenvalue weighted by atomic mass is 10.1. The van der Waals surface area contributed by atoms with Crippen molar-refractivity contribution in [3.63, 3.8) is 0 Å². The molecule has 2 heterocycles. The smallest absolute Gasteiger partial charge is 0.254 e. The fourth-order valence-electron chi connectivity index (χ4n) is 2.71. The van der Waals surface area contributed by atoms with Crippen LogP contribution in [0.1, 0.15) is 17.3 Å². The summed E-state index contributed by atoms with van der Waals surface area (Å²) in [5.74, 6) is 1.49. The van der Waals surface area contributed by atoms with Crippen molar-refractivity contribution in [2.24, 2.45) is 0 Å². The highest BCUT2D eigenvalue weighted by Gasteiger charge is 2.24. The molecule has 23 heavy (non-hydrogen) atoms. The van der Waals surface area contributed by atoms with E-state index in [4.69, 9.17) is 4.74 Å². The standard InChI is InChI=1S/C16H21N3O3S/c1-11-8-19(5-6-22-11)16(21)12-3-2-4-13(7-12)18-15(20)14-9-23-10-17-14/h2-4,7,11,14,17H,5-6,8-10H2,1H3,(H,18,20). The van der Waals surface area contributed by atoms with Crippen molar-refractivity contribution in [3.05, 3.63) is 29.8 Å². The van der Waals surface area contributed by atoms with Crippen molar-refractivity contribution in [3.8, 4) is 0 Å². The van der Waals surface area contributed by atoms with E-state index in [2.05, 4.69) is 10.6 Å². The molecular weight excluding hydrogens is 314 g/mol. The van der Waals surface area contributed by atoms with Gasteiger partial charge >= 0.3 is 0 Å². The van der Waals surface area contributed by atoms with Gasteiger partial charge in [-0.2, -0.15) is 0 Å². The third-order valence-corrected chi connectivity index (χ3v) is 4.88. The van der Waals surface area contributed by atoms with Crippen LogP contribution in [0.5, 0.6) is 0 Å². The molecule has 0 saturated carbocycles. The molecule has 2 aliphatic rings. The van der Waals surface area contributed by atoms with Crippen LogP contribution in [-0.4, -0.2) is 60.2 Å². The van der Waals surface area contributed by atoms with Gasteiger partial charge in [0, 0.05) is 36.0 Å². The van der Waals surface area contributed by atoms with Gasteiger partial charge in [-0.1, -0.05) is 6.07 Å². The van der Waals surface area contributed by atoms with Crippen LogP contribution in [0.4, 0.5) is 5.69 Å². The molecule has 2 unspecified atom stereocenters. The lowest BCUT2D eigenvalue weighted by molar-refractivity contribution is -0.117. The predicted octanol–water partition coefficient (Wildman–Crippen LogP) is 1.15. The zero-order chi connectivity index (χ0) is 16.2. The molecule has 1 aromatic carbocycles. The first kappa shape index (κ1) is 16.3. The number of carbonyl (C=O) groups excluding carboxylic acids is 2. The summed E-state index contributed by atoms with van der Waals surface area (Å²) < 4.78 is 5.47. The Bertz CT molecular complexity index is 590. The van der Waals surface area contributed by atoms with Gasteiger partial charge in [-0.25, -0.2) is 0 Å². The van der Waals surface area contributed by atoms with Crippen LogP contribution in [0.15, 0.2) is 24.3 Å². The van der Waals surface area contributed by atoms with Crippen LogP contribution in [0.3, 0.4) is 0 Å². The van der Waals surface area contributed by atoms with Gasteiger partial charge < -0.3 is 15.0 Å². The molecule has 0 aliphatic carbocycles. The highest BCUT2D eigenvalue weighted by molar-refractivity contribution is 7.99. The SMILES string of the molecule is CC1CN(C(=O)c2cccc(NC(=O)C3CSCN3)c2)CCO1. The van der Waals surface area contributed by atoms with Crippen LogP contribution in [0, 0.1) is 0 Å². The third-order valence-electron chi connectivity index (χ3n) is 3.94. The number of hydrogen-bond acceptors (Lipinski definition) is 5. The minimum atomic E-state index is -0.167. The second-order valence-electron chi connectivity index (χ2n) is 5.77. The van der Waals surface area contributed by atoms with Gasteiger partial charge in [-0.15, -0.1) is 11.8 Å². The first-order valence-corrected chi connectivity index (χ1v) is 8.92. The highest BCUT2D eigenvalue weighted by atomic mass is 32.2. The lowest BCUT2D eigenvalue weighted by Crippen LogP contribution is -2.44. The number of thioether (sulfide) groups is 1. The van der Waals surface area contributed by atoms with E-state index >= 15 is 0 Å². The van der Waals surface area contributed by atoms with Gasteiger partial charge in [0.2, 0.25) is 5.91 Å². The molecule has 2 aliphatic heterocycles. The van der Waals surface area contributed by atoms with Crippen LogP contribution in [0.25, 0.3) is 0 Å². The summed E-state index contributed by atoms with van der Waals surface area (Å²) >= 11 is 1.70. The number of morpholine rings is 1. The topological polar surface area (TPSA) is 70.7 Å². The summed E-state index contributed by atoms with van der Waals surface area (Å²) in [6, 6.07) is 6.95. The normalized spacial score (nSPS) is 24.5. The maximum atomic E-state index is 12.6. The maximum Gasteiger partial charge on any atom is 0.254 e. The summed E-state index contributed by atoms with van der Waals surface area (Å²) in [7, 11) is 0. The number of hydrogen-bond donors (Lipinski definition) is 2. The number of nitrogens with zero attached hydrogens (tertiary/aromatic N) is 1. The Kier molecular flexibility index (Phi) is 5.20. The molecule has 1 aromatic rings. The number of benzene rings is 1. The van der Waals surface area contributed by atoms with Gasteiger partial charge in [0.1, 0.15) is 0 Å². The Morgan fingerprint density at radius 1 is 1.43 bits per heavy atom. The summed E-state index contributed by atoms with van der Waals surface area (Å²) in [6.45, 7) is 3.72. The summed E-state index contributed by atoms with van der Waals surface area (Å²) in [4.78, 5) is 26.5. The van der Waals surface area contributed by atoms with E-state index in [-0.39, 0.29) is 24.0 Å². The molecule has 2 N–H and O–H groups in total. The first-order chi connectivity index (χ1) is 11.1. The van der Waals surface area contributed by atoms with E-state index < -0.39 is 0 Å². The molecule has 0 bridgehead atoms. The molecule has 3 rings (SSSR count). The van der Waals surface area contributed by atoms with Gasteiger partial charge in [0.05, 0.1) is 18.8 Å². The second-order valence-corrected chi connectivity index (χ2v) is 6.80. The van der Waals surface area contributed by atoms with E-state index in [1.807, 2.05) is 6.92 Å². The molecule has 0 spiro atoms. The van der Waals surface area contributed by atoms with Gasteiger partial charge in [-0.3, -0.25) is 14.9 Å². The number of anilines is 1. The number of ether oxygens (including phenoxy) is 1. The maximum absolute atomic E-state index is 12.6. The first-order valence-electron chi connectivity index (χ1n) is 7.76. The minimum Gasteiger partial charge on any atom is -0.375 e. The zero-order valence-corrected chi connectivity index (χ0v) is 13.9. The highest BCUT2D eigenvalue weighted by Crippen LogP contribution is 2.17. The Balaban J connectivity index is 1.66. The third kappa shape index (κ3) is 4.04. The fourth-order valence-corrected chi connectivity index (χ4v) is 3.65. The van der Waals surface area contributed by atoms with Gasteiger partial charge in [-0.05, 0) is 25.1 Å². The Morgan fingerprint density at radius 2 is 2.30 bits per heavy atom. The van der Waals surface area contributed by atoms with Crippen molar-refractivity contribution in [1.82, 2.24) is 10.2 Å². The van der Waals surface area contributed by atoms with E-state index in [0.717, 1.165) is 11.6 Å². The fraction of sp³-hybridized carbons (Fsp3) is 0.500. The molecule has 0 radical (unpaired) electrons. The van der Waals surface area contributed by atoms with Crippen LogP contribution >= 0.6 is 11.8 Å². The average Bonchev–Trinajstić information content (AvgIpc) is 3.09. The molecule has 2 saturated heterocycles. The number of nitrogens with one attached hydrogen (secondary N) is 2. The summed E-state index contributed by atoms with van der Waals surface area (Å²) in [5.41, 5.74) is 1.24. The lowest BCUT2D eigenvalue weighted by Gasteiger charge is -2.31. The molecule has 2 atom stereocenters. The Labute approximate surface area is 139 Å². The van der Waals surface area contributed by atoms with Crippen molar-refractivity contribution in [2.75, 3.05) is 36.6 Å². The van der Waals surface area contributed by atoms with Crippen LogP contribution in [0.2, 0.25) is 0 Å². The van der Waals surface area contributed by atoms with Crippen molar-refractivity contribution in [2.45, 2.75) is 19.1 Å². The molecule has 7 heteroatoms. The summed E-state index contributed by atoms with van der Waals surface area (Å²) in [5, 5.41) is 6.01. The number of amides is 2.